The summed E-state index contributed by atoms with van der Waals surface area (Å²) in [7, 11) is -2.49. The van der Waals surface area contributed by atoms with Crippen LogP contribution in [0.3, 0.4) is 0 Å². The maximum absolute atomic E-state index is 4.84. The highest BCUT2D eigenvalue weighted by molar-refractivity contribution is 7.19. The number of benzene rings is 4. The van der Waals surface area contributed by atoms with Crippen molar-refractivity contribution in [2.45, 2.75) is 33.1 Å². The summed E-state index contributed by atoms with van der Waals surface area (Å²) < 4.78 is 0. The monoisotopic (exact) mass is 483 g/mol. The first-order chi connectivity index (χ1) is 17.6. The van der Waals surface area contributed by atoms with Gasteiger partial charge in [-0.15, -0.1) is 0 Å². The van der Waals surface area contributed by atoms with E-state index in [9.17, 15) is 0 Å². The van der Waals surface area contributed by atoms with Crippen molar-refractivity contribution in [2.24, 2.45) is 0 Å². The zero-order chi connectivity index (χ0) is 25.0. The van der Waals surface area contributed by atoms with Crippen LogP contribution in [0.1, 0.15) is 37.8 Å². The van der Waals surface area contributed by atoms with Gasteiger partial charge >= 0.3 is 0 Å². The van der Waals surface area contributed by atoms with Crippen LogP contribution in [0.15, 0.2) is 128 Å². The molecule has 0 fully saturated rings. The summed E-state index contributed by atoms with van der Waals surface area (Å²) in [5, 5.41) is 5.55. The first-order valence-corrected chi connectivity index (χ1v) is 14.9. The number of rotatable bonds is 7. The molecule has 0 aliphatic carbocycles. The van der Waals surface area contributed by atoms with Gasteiger partial charge in [0.05, 0.1) is 5.69 Å². The van der Waals surface area contributed by atoms with E-state index in [4.69, 9.17) is 4.98 Å². The van der Waals surface area contributed by atoms with Gasteiger partial charge in [0.2, 0.25) is 0 Å². The van der Waals surface area contributed by atoms with Crippen molar-refractivity contribution in [3.05, 3.63) is 139 Å². The van der Waals surface area contributed by atoms with E-state index in [-0.39, 0.29) is 0 Å². The van der Waals surface area contributed by atoms with E-state index in [2.05, 4.69) is 148 Å². The minimum absolute atomic E-state index is 0.482. The Kier molecular flexibility index (Phi) is 6.97. The van der Waals surface area contributed by atoms with Gasteiger partial charge in [0.15, 0.2) is 8.07 Å². The molecule has 0 unspecified atom stereocenters. The molecule has 0 saturated carbocycles. The van der Waals surface area contributed by atoms with Crippen molar-refractivity contribution in [3.8, 4) is 11.3 Å². The molecule has 36 heavy (non-hydrogen) atoms. The Bertz CT molecular complexity index is 1310. The number of hydrogen-bond acceptors (Lipinski definition) is 1. The van der Waals surface area contributed by atoms with Gasteiger partial charge in [-0.2, -0.15) is 0 Å². The number of hydrogen-bond donors (Lipinski definition) is 0. The van der Waals surface area contributed by atoms with Gasteiger partial charge in [0.25, 0.3) is 0 Å². The van der Waals surface area contributed by atoms with E-state index in [1.165, 1.54) is 37.4 Å². The molecule has 0 aliphatic rings. The lowest BCUT2D eigenvalue weighted by atomic mass is 9.95. The third kappa shape index (κ3) is 4.34. The van der Waals surface area contributed by atoms with Crippen molar-refractivity contribution in [1.29, 1.82) is 0 Å². The second kappa shape index (κ2) is 10.5. The number of nitrogens with zero attached hydrogens (tertiary/aromatic N) is 1. The van der Waals surface area contributed by atoms with Crippen molar-refractivity contribution >= 4 is 28.8 Å². The van der Waals surface area contributed by atoms with Crippen molar-refractivity contribution in [1.82, 2.24) is 4.98 Å². The molecule has 1 heterocycles. The second-order valence-electron chi connectivity index (χ2n) is 9.70. The predicted molar refractivity (Wildman–Crippen MR) is 157 cm³/mol. The standard InChI is InChI=1S/C34H33NSi/c1-4-27-25-35-34(24-33(27)26(2)3)28-20-22-32(23-21-28)36(29-14-8-5-9-15-29,30-16-10-6-11-17-30)31-18-12-7-13-19-31/h5-26H,4H2,1-3H3. The summed E-state index contributed by atoms with van der Waals surface area (Å²) in [6.07, 6.45) is 3.08. The molecule has 0 saturated heterocycles. The van der Waals surface area contributed by atoms with Gasteiger partial charge in [0.1, 0.15) is 0 Å². The summed E-state index contributed by atoms with van der Waals surface area (Å²) in [5.74, 6) is 0.482. The Labute approximate surface area is 216 Å². The smallest absolute Gasteiger partial charge is 0.179 e. The van der Waals surface area contributed by atoms with Crippen molar-refractivity contribution in [2.75, 3.05) is 0 Å². The highest BCUT2D eigenvalue weighted by Gasteiger charge is 2.41. The van der Waals surface area contributed by atoms with Gasteiger partial charge < -0.3 is 0 Å². The lowest BCUT2D eigenvalue weighted by Gasteiger charge is -2.34. The normalized spacial score (nSPS) is 11.6. The molecule has 5 rings (SSSR count). The van der Waals surface area contributed by atoms with E-state index in [0.717, 1.165) is 12.1 Å². The second-order valence-corrected chi connectivity index (χ2v) is 13.5. The third-order valence-electron chi connectivity index (χ3n) is 7.26. The summed E-state index contributed by atoms with van der Waals surface area (Å²) >= 11 is 0. The van der Waals surface area contributed by atoms with Crippen LogP contribution in [0, 0.1) is 0 Å². The van der Waals surface area contributed by atoms with E-state index in [1.54, 1.807) is 0 Å². The van der Waals surface area contributed by atoms with Crippen LogP contribution < -0.4 is 20.7 Å². The Hall–Kier alpha value is -3.75. The first-order valence-electron chi connectivity index (χ1n) is 12.9. The Morgan fingerprint density at radius 3 is 1.47 bits per heavy atom. The van der Waals surface area contributed by atoms with Crippen LogP contribution in [0.5, 0.6) is 0 Å². The van der Waals surface area contributed by atoms with E-state index in [1.807, 2.05) is 0 Å². The molecule has 1 aromatic heterocycles. The molecule has 0 bridgehead atoms. The molecule has 178 valence electrons. The highest BCUT2D eigenvalue weighted by Crippen LogP contribution is 2.25. The van der Waals surface area contributed by atoms with Crippen molar-refractivity contribution < 1.29 is 0 Å². The molecule has 0 radical (unpaired) electrons. The van der Waals surface area contributed by atoms with Gasteiger partial charge in [-0.1, -0.05) is 136 Å². The van der Waals surface area contributed by atoms with Gasteiger partial charge in [0, 0.05) is 11.8 Å². The zero-order valence-electron chi connectivity index (χ0n) is 21.4. The fourth-order valence-corrected chi connectivity index (χ4v) is 10.2. The molecule has 0 spiro atoms. The number of pyridine rings is 1. The molecule has 4 aromatic carbocycles. The van der Waals surface area contributed by atoms with Gasteiger partial charge in [-0.3, -0.25) is 4.98 Å². The number of aromatic nitrogens is 1. The molecule has 0 N–H and O–H groups in total. The Morgan fingerprint density at radius 2 is 1.06 bits per heavy atom. The lowest BCUT2D eigenvalue weighted by Crippen LogP contribution is -2.74. The number of aryl methyl sites for hydroxylation is 1. The summed E-state index contributed by atoms with van der Waals surface area (Å²) in [6, 6.07) is 44.7. The molecule has 1 nitrogen and oxygen atoms in total. The highest BCUT2D eigenvalue weighted by atomic mass is 28.3. The van der Waals surface area contributed by atoms with E-state index >= 15 is 0 Å². The summed E-state index contributed by atoms with van der Waals surface area (Å²) in [4.78, 5) is 4.84. The average molecular weight is 484 g/mol. The fraction of sp³-hybridized carbons (Fsp3) is 0.147. The predicted octanol–water partition coefficient (Wildman–Crippen LogP) is 5.81. The summed E-state index contributed by atoms with van der Waals surface area (Å²) in [5.41, 5.74) is 4.96. The first kappa shape index (κ1) is 24.0. The minimum Gasteiger partial charge on any atom is -0.256 e. The van der Waals surface area contributed by atoms with E-state index in [0.29, 0.717) is 5.92 Å². The van der Waals surface area contributed by atoms with Gasteiger partial charge in [-0.25, -0.2) is 0 Å². The topological polar surface area (TPSA) is 12.9 Å². The molecule has 0 aliphatic heterocycles. The Balaban J connectivity index is 1.71. The molecule has 0 atom stereocenters. The molecule has 5 aromatic rings. The SMILES string of the molecule is CCc1cnc(-c2ccc([Si](c3ccccc3)(c3ccccc3)c3ccccc3)cc2)cc1C(C)C. The molecular formula is C34H33NSi. The third-order valence-corrected chi connectivity index (χ3v) is 12.1. The van der Waals surface area contributed by atoms with Crippen LogP contribution in [-0.4, -0.2) is 13.1 Å². The molecule has 2 heteroatoms. The lowest BCUT2D eigenvalue weighted by molar-refractivity contribution is 0.839. The van der Waals surface area contributed by atoms with E-state index < -0.39 is 8.07 Å². The van der Waals surface area contributed by atoms with Crippen LogP contribution in [0.4, 0.5) is 0 Å². The zero-order valence-corrected chi connectivity index (χ0v) is 22.4. The minimum atomic E-state index is -2.49. The van der Waals surface area contributed by atoms with Crippen LogP contribution in [0.2, 0.25) is 0 Å². The van der Waals surface area contributed by atoms with Crippen molar-refractivity contribution in [3.63, 3.8) is 0 Å². The Morgan fingerprint density at radius 1 is 0.611 bits per heavy atom. The van der Waals surface area contributed by atoms with Crippen LogP contribution in [-0.2, 0) is 6.42 Å². The fourth-order valence-electron chi connectivity index (χ4n) is 5.45. The maximum atomic E-state index is 4.84. The average Bonchev–Trinajstić information content (AvgIpc) is 2.95. The van der Waals surface area contributed by atoms with Gasteiger partial charge in [-0.05, 0) is 50.3 Å². The summed E-state index contributed by atoms with van der Waals surface area (Å²) in [6.45, 7) is 6.74. The molecular weight excluding hydrogens is 450 g/mol. The van der Waals surface area contributed by atoms with Crippen LogP contribution >= 0.6 is 0 Å². The molecule has 0 amide bonds. The largest absolute Gasteiger partial charge is 0.256 e. The quantitative estimate of drug-likeness (QED) is 0.210. The van der Waals surface area contributed by atoms with Crippen LogP contribution in [0.25, 0.3) is 11.3 Å². The maximum Gasteiger partial charge on any atom is 0.179 e.